The molecular formula is C14H23ClN2O2S2. The van der Waals surface area contributed by atoms with Gasteiger partial charge in [-0.15, -0.1) is 0 Å². The van der Waals surface area contributed by atoms with E-state index in [1.165, 1.54) is 6.07 Å². The first kappa shape index (κ1) is 18.8. The Bertz CT molecular complexity index is 550. The van der Waals surface area contributed by atoms with Crippen LogP contribution in [0, 0.1) is 0 Å². The van der Waals surface area contributed by atoms with Gasteiger partial charge in [0.2, 0.25) is 10.0 Å². The second-order valence-electron chi connectivity index (χ2n) is 4.79. The maximum Gasteiger partial charge on any atom is 0.240 e. The molecule has 0 radical (unpaired) electrons. The highest BCUT2D eigenvalue weighted by Crippen LogP contribution is 2.21. The standard InChI is InChI=1S/C14H23ClN2O2S2/c1-4-20-8-7-11(2)17-21(18,19)13-6-5-12(10-16-3)14(15)9-13/h5-6,9,11,16-17H,4,7-8,10H2,1-3H3. The fraction of sp³-hybridized carbons (Fsp3) is 0.571. The van der Waals surface area contributed by atoms with E-state index in [-0.39, 0.29) is 10.9 Å². The zero-order valence-corrected chi connectivity index (χ0v) is 15.0. The predicted octanol–water partition coefficient (Wildman–Crippen LogP) is 2.87. The average Bonchev–Trinajstić information content (AvgIpc) is 2.41. The van der Waals surface area contributed by atoms with Gasteiger partial charge in [0.05, 0.1) is 4.90 Å². The van der Waals surface area contributed by atoms with Crippen LogP contribution in [0.5, 0.6) is 0 Å². The number of thioether (sulfide) groups is 1. The van der Waals surface area contributed by atoms with Gasteiger partial charge in [0.15, 0.2) is 0 Å². The molecule has 0 saturated heterocycles. The van der Waals surface area contributed by atoms with Gasteiger partial charge in [-0.25, -0.2) is 13.1 Å². The molecule has 0 spiro atoms. The average molecular weight is 351 g/mol. The highest BCUT2D eigenvalue weighted by Gasteiger charge is 2.18. The molecule has 0 amide bonds. The fourth-order valence-electron chi connectivity index (χ4n) is 1.83. The van der Waals surface area contributed by atoms with Gasteiger partial charge in [0, 0.05) is 17.6 Å². The molecule has 120 valence electrons. The highest BCUT2D eigenvalue weighted by molar-refractivity contribution is 7.99. The van der Waals surface area contributed by atoms with Gasteiger partial charge in [-0.1, -0.05) is 24.6 Å². The van der Waals surface area contributed by atoms with E-state index in [0.29, 0.717) is 11.6 Å². The summed E-state index contributed by atoms with van der Waals surface area (Å²) in [6, 6.07) is 4.74. The van der Waals surface area contributed by atoms with E-state index in [1.54, 1.807) is 23.9 Å². The summed E-state index contributed by atoms with van der Waals surface area (Å²) < 4.78 is 27.3. The van der Waals surface area contributed by atoms with Crippen LogP contribution >= 0.6 is 23.4 Å². The van der Waals surface area contributed by atoms with Crippen molar-refractivity contribution in [2.24, 2.45) is 0 Å². The van der Waals surface area contributed by atoms with Crippen LogP contribution in [-0.2, 0) is 16.6 Å². The summed E-state index contributed by atoms with van der Waals surface area (Å²) in [7, 11) is -1.70. The lowest BCUT2D eigenvalue weighted by Crippen LogP contribution is -2.33. The summed E-state index contributed by atoms with van der Waals surface area (Å²) in [5.41, 5.74) is 0.880. The molecule has 0 aliphatic heterocycles. The Kier molecular flexibility index (Phi) is 8.05. The van der Waals surface area contributed by atoms with Crippen molar-refractivity contribution in [2.75, 3.05) is 18.6 Å². The molecule has 0 aliphatic rings. The molecule has 1 unspecified atom stereocenters. The maximum absolute atomic E-state index is 12.3. The van der Waals surface area contributed by atoms with Crippen molar-refractivity contribution in [3.8, 4) is 0 Å². The molecule has 0 aliphatic carbocycles. The number of sulfonamides is 1. The number of halogens is 1. The van der Waals surface area contributed by atoms with Gasteiger partial charge in [-0.05, 0) is 49.6 Å². The summed E-state index contributed by atoms with van der Waals surface area (Å²) in [4.78, 5) is 0.211. The molecule has 0 saturated carbocycles. The molecule has 4 nitrogen and oxygen atoms in total. The third-order valence-electron chi connectivity index (χ3n) is 2.96. The summed E-state index contributed by atoms with van der Waals surface area (Å²) >= 11 is 7.92. The van der Waals surface area contributed by atoms with Gasteiger partial charge in [-0.2, -0.15) is 11.8 Å². The van der Waals surface area contributed by atoms with Crippen LogP contribution in [0.2, 0.25) is 5.02 Å². The highest BCUT2D eigenvalue weighted by atomic mass is 35.5. The quantitative estimate of drug-likeness (QED) is 0.672. The molecule has 0 aromatic heterocycles. The van der Waals surface area contributed by atoms with Gasteiger partial charge in [0.25, 0.3) is 0 Å². The van der Waals surface area contributed by atoms with Crippen molar-refractivity contribution in [2.45, 2.75) is 37.8 Å². The number of benzene rings is 1. The minimum atomic E-state index is -3.51. The van der Waals surface area contributed by atoms with Crippen molar-refractivity contribution >= 4 is 33.4 Å². The molecule has 1 aromatic rings. The minimum Gasteiger partial charge on any atom is -0.316 e. The van der Waals surface area contributed by atoms with Gasteiger partial charge < -0.3 is 5.32 Å². The van der Waals surface area contributed by atoms with Crippen molar-refractivity contribution in [1.82, 2.24) is 10.0 Å². The first-order valence-corrected chi connectivity index (χ1v) is 9.95. The van der Waals surface area contributed by atoms with Crippen LogP contribution in [-0.4, -0.2) is 33.0 Å². The molecule has 1 aromatic carbocycles. The van der Waals surface area contributed by atoms with E-state index in [9.17, 15) is 8.42 Å². The normalized spacial score (nSPS) is 13.3. The Morgan fingerprint density at radius 2 is 2.10 bits per heavy atom. The van der Waals surface area contributed by atoms with Crippen molar-refractivity contribution < 1.29 is 8.42 Å². The number of hydrogen-bond acceptors (Lipinski definition) is 4. The van der Waals surface area contributed by atoms with E-state index in [1.807, 2.05) is 14.0 Å². The van der Waals surface area contributed by atoms with E-state index in [4.69, 9.17) is 11.6 Å². The van der Waals surface area contributed by atoms with Gasteiger partial charge >= 0.3 is 0 Å². The van der Waals surface area contributed by atoms with Crippen LogP contribution in [0.25, 0.3) is 0 Å². The van der Waals surface area contributed by atoms with Crippen LogP contribution in [0.4, 0.5) is 0 Å². The number of hydrogen-bond donors (Lipinski definition) is 2. The largest absolute Gasteiger partial charge is 0.316 e. The van der Waals surface area contributed by atoms with E-state index < -0.39 is 10.0 Å². The Morgan fingerprint density at radius 1 is 1.38 bits per heavy atom. The summed E-state index contributed by atoms with van der Waals surface area (Å²) in [6.45, 7) is 4.58. The molecule has 1 rings (SSSR count). The topological polar surface area (TPSA) is 58.2 Å². The Balaban J connectivity index is 2.76. The lowest BCUT2D eigenvalue weighted by atomic mass is 10.2. The van der Waals surface area contributed by atoms with Gasteiger partial charge in [0.1, 0.15) is 0 Å². The Morgan fingerprint density at radius 3 is 2.67 bits per heavy atom. The molecule has 21 heavy (non-hydrogen) atoms. The molecule has 0 bridgehead atoms. The molecule has 2 N–H and O–H groups in total. The van der Waals surface area contributed by atoms with Crippen LogP contribution in [0.15, 0.2) is 23.1 Å². The zero-order chi connectivity index (χ0) is 15.9. The van der Waals surface area contributed by atoms with Crippen LogP contribution in [0.1, 0.15) is 25.8 Å². The lowest BCUT2D eigenvalue weighted by Gasteiger charge is -2.14. The third kappa shape index (κ3) is 6.16. The predicted molar refractivity (Wildman–Crippen MR) is 91.6 cm³/mol. The summed E-state index contributed by atoms with van der Waals surface area (Å²) in [5.74, 6) is 1.99. The summed E-state index contributed by atoms with van der Waals surface area (Å²) in [6.07, 6.45) is 0.809. The first-order valence-electron chi connectivity index (χ1n) is 6.93. The number of rotatable bonds is 9. The van der Waals surface area contributed by atoms with E-state index in [0.717, 1.165) is 23.5 Å². The summed E-state index contributed by atoms with van der Waals surface area (Å²) in [5, 5.41) is 3.45. The third-order valence-corrected chi connectivity index (χ3v) is 5.83. The Labute approximate surface area is 137 Å². The van der Waals surface area contributed by atoms with Crippen molar-refractivity contribution in [1.29, 1.82) is 0 Å². The van der Waals surface area contributed by atoms with Gasteiger partial charge in [-0.3, -0.25) is 0 Å². The molecular weight excluding hydrogens is 328 g/mol. The molecule has 7 heteroatoms. The Hall–Kier alpha value is -0.270. The molecule has 0 heterocycles. The fourth-order valence-corrected chi connectivity index (χ4v) is 4.25. The second kappa shape index (κ2) is 9.00. The maximum atomic E-state index is 12.3. The SMILES string of the molecule is CCSCCC(C)NS(=O)(=O)c1ccc(CNC)c(Cl)c1. The molecule has 0 fully saturated rings. The van der Waals surface area contributed by atoms with Crippen molar-refractivity contribution in [3.63, 3.8) is 0 Å². The first-order chi connectivity index (χ1) is 9.90. The second-order valence-corrected chi connectivity index (χ2v) is 8.31. The monoisotopic (exact) mass is 350 g/mol. The zero-order valence-electron chi connectivity index (χ0n) is 12.6. The van der Waals surface area contributed by atoms with E-state index in [2.05, 4.69) is 17.0 Å². The number of nitrogens with one attached hydrogen (secondary N) is 2. The van der Waals surface area contributed by atoms with Crippen LogP contribution in [0.3, 0.4) is 0 Å². The van der Waals surface area contributed by atoms with Crippen LogP contribution < -0.4 is 10.0 Å². The smallest absolute Gasteiger partial charge is 0.240 e. The van der Waals surface area contributed by atoms with E-state index >= 15 is 0 Å². The minimum absolute atomic E-state index is 0.0928. The molecule has 1 atom stereocenters. The lowest BCUT2D eigenvalue weighted by molar-refractivity contribution is 0.557. The van der Waals surface area contributed by atoms with Crippen molar-refractivity contribution in [3.05, 3.63) is 28.8 Å².